The molecule has 5 rings (SSSR count). The van der Waals surface area contributed by atoms with Crippen LogP contribution in [0.25, 0.3) is 22.0 Å². The van der Waals surface area contributed by atoms with Gasteiger partial charge >= 0.3 is 12.3 Å². The van der Waals surface area contributed by atoms with Crippen LogP contribution in [0.2, 0.25) is 0 Å². The number of aromatic nitrogens is 1. The number of alkyl halides is 3. The van der Waals surface area contributed by atoms with Gasteiger partial charge < -0.3 is 4.74 Å². The number of aryl methyl sites for hydroxylation is 1. The van der Waals surface area contributed by atoms with Gasteiger partial charge in [-0.1, -0.05) is 48.5 Å². The van der Waals surface area contributed by atoms with Gasteiger partial charge in [-0.05, 0) is 59.4 Å². The largest absolute Gasteiger partial charge is 0.447 e. The average Bonchev–Trinajstić information content (AvgIpc) is 3.24. The van der Waals surface area contributed by atoms with Gasteiger partial charge in [-0.15, -0.1) is 0 Å². The third-order valence-corrected chi connectivity index (χ3v) is 6.00. The van der Waals surface area contributed by atoms with Crippen LogP contribution >= 0.6 is 0 Å². The number of pyridine rings is 1. The lowest BCUT2D eigenvalue weighted by atomic mass is 9.93. The van der Waals surface area contributed by atoms with Crippen LogP contribution in [0.5, 0.6) is 0 Å². The summed E-state index contributed by atoms with van der Waals surface area (Å²) in [5.41, 5.74) is 4.41. The van der Waals surface area contributed by atoms with Crippen molar-refractivity contribution in [2.75, 3.05) is 18.1 Å². The molecule has 0 saturated carbocycles. The molecule has 1 aromatic heterocycles. The fourth-order valence-corrected chi connectivity index (χ4v) is 4.47. The molecular formula is C27H21F3N2O2. The second-order valence-electron chi connectivity index (χ2n) is 8.33. The number of benzene rings is 3. The van der Waals surface area contributed by atoms with E-state index in [0.29, 0.717) is 25.0 Å². The van der Waals surface area contributed by atoms with E-state index < -0.39 is 11.7 Å². The number of fused-ring (bicyclic) bond motifs is 1. The van der Waals surface area contributed by atoms with Crippen molar-refractivity contribution < 1.29 is 22.7 Å². The van der Waals surface area contributed by atoms with Crippen molar-refractivity contribution in [2.24, 2.45) is 0 Å². The van der Waals surface area contributed by atoms with Crippen molar-refractivity contribution in [3.8, 4) is 11.1 Å². The van der Waals surface area contributed by atoms with Gasteiger partial charge in [0.25, 0.3) is 0 Å². The first-order chi connectivity index (χ1) is 16.3. The van der Waals surface area contributed by atoms with Crippen LogP contribution < -0.4 is 4.90 Å². The van der Waals surface area contributed by atoms with E-state index in [2.05, 4.69) is 4.98 Å². The Morgan fingerprint density at radius 1 is 1.00 bits per heavy atom. The summed E-state index contributed by atoms with van der Waals surface area (Å²) < 4.78 is 45.7. The van der Waals surface area contributed by atoms with Crippen molar-refractivity contribution in [2.45, 2.75) is 19.5 Å². The third-order valence-electron chi connectivity index (χ3n) is 6.00. The van der Waals surface area contributed by atoms with Crippen molar-refractivity contribution in [1.82, 2.24) is 4.98 Å². The number of nitrogens with zero attached hydrogens (tertiary/aromatic N) is 2. The predicted octanol–water partition coefficient (Wildman–Crippen LogP) is 6.78. The maximum absolute atomic E-state index is 13.6. The van der Waals surface area contributed by atoms with E-state index in [9.17, 15) is 18.0 Å². The quantitative estimate of drug-likeness (QED) is 0.336. The van der Waals surface area contributed by atoms with E-state index in [-0.39, 0.29) is 11.6 Å². The number of halogens is 3. The first-order valence-electron chi connectivity index (χ1n) is 10.9. The SMILES string of the molecule is Cc1cnc2c(C(F)(F)F)cccc2c1-c1cccc(Cc2cccc(N3CCOC3=O)c2)c1. The number of hydrogen-bond donors (Lipinski definition) is 0. The van der Waals surface area contributed by atoms with Crippen molar-refractivity contribution in [3.05, 3.63) is 95.2 Å². The highest BCUT2D eigenvalue weighted by molar-refractivity contribution is 5.97. The highest BCUT2D eigenvalue weighted by Gasteiger charge is 2.33. The second kappa shape index (κ2) is 8.48. The first-order valence-corrected chi connectivity index (χ1v) is 10.9. The molecule has 2 heterocycles. The van der Waals surface area contributed by atoms with Crippen LogP contribution in [0.1, 0.15) is 22.3 Å². The lowest BCUT2D eigenvalue weighted by molar-refractivity contribution is -0.136. The summed E-state index contributed by atoms with van der Waals surface area (Å²) in [5, 5.41) is 0.474. The van der Waals surface area contributed by atoms with Crippen LogP contribution in [0.4, 0.5) is 23.7 Å². The van der Waals surface area contributed by atoms with Crippen LogP contribution in [0.15, 0.2) is 72.9 Å². The van der Waals surface area contributed by atoms with E-state index in [0.717, 1.165) is 39.6 Å². The van der Waals surface area contributed by atoms with E-state index in [1.54, 1.807) is 11.0 Å². The normalized spacial score (nSPS) is 14.0. The zero-order chi connectivity index (χ0) is 23.9. The van der Waals surface area contributed by atoms with E-state index in [1.807, 2.05) is 55.5 Å². The third kappa shape index (κ3) is 4.09. The summed E-state index contributed by atoms with van der Waals surface area (Å²) >= 11 is 0. The molecule has 0 N–H and O–H groups in total. The number of rotatable bonds is 4. The fraction of sp³-hybridized carbons (Fsp3) is 0.185. The molecular weight excluding hydrogens is 441 g/mol. The van der Waals surface area contributed by atoms with Crippen LogP contribution in [0.3, 0.4) is 0 Å². The van der Waals surface area contributed by atoms with Gasteiger partial charge in [0.05, 0.1) is 17.6 Å². The Morgan fingerprint density at radius 3 is 2.47 bits per heavy atom. The number of ether oxygens (including phenoxy) is 1. The van der Waals surface area contributed by atoms with Gasteiger partial charge in [-0.2, -0.15) is 13.2 Å². The number of carbonyl (C=O) groups is 1. The van der Waals surface area contributed by atoms with Crippen molar-refractivity contribution >= 4 is 22.7 Å². The summed E-state index contributed by atoms with van der Waals surface area (Å²) in [4.78, 5) is 17.6. The van der Waals surface area contributed by atoms with E-state index >= 15 is 0 Å². The molecule has 7 heteroatoms. The number of anilines is 1. The molecule has 0 radical (unpaired) electrons. The number of hydrogen-bond acceptors (Lipinski definition) is 3. The Balaban J connectivity index is 1.52. The Hall–Kier alpha value is -3.87. The zero-order valence-electron chi connectivity index (χ0n) is 18.4. The topological polar surface area (TPSA) is 42.4 Å². The molecule has 4 nitrogen and oxygen atoms in total. The standard InChI is InChI=1S/C27H21F3N2O2/c1-17-16-31-25-22(9-4-10-23(25)27(28,29)30)24(17)20-7-2-5-18(14-20)13-19-6-3-8-21(15-19)32-11-12-34-26(32)33/h2-10,14-16H,11-13H2,1H3. The van der Waals surface area contributed by atoms with Gasteiger partial charge in [0, 0.05) is 17.3 Å². The van der Waals surface area contributed by atoms with Crippen LogP contribution in [-0.4, -0.2) is 24.2 Å². The molecule has 1 saturated heterocycles. The molecule has 3 aromatic carbocycles. The highest BCUT2D eigenvalue weighted by Crippen LogP contribution is 2.38. The molecule has 34 heavy (non-hydrogen) atoms. The summed E-state index contributed by atoms with van der Waals surface area (Å²) in [6.07, 6.45) is -2.72. The summed E-state index contributed by atoms with van der Waals surface area (Å²) in [7, 11) is 0. The lowest BCUT2D eigenvalue weighted by Gasteiger charge is -2.16. The Kier molecular flexibility index (Phi) is 5.48. The number of carbonyl (C=O) groups excluding carboxylic acids is 1. The Labute approximate surface area is 194 Å². The molecule has 0 atom stereocenters. The molecule has 0 spiro atoms. The minimum Gasteiger partial charge on any atom is -0.447 e. The number of cyclic esters (lactones) is 1. The molecule has 0 aliphatic carbocycles. The summed E-state index contributed by atoms with van der Waals surface area (Å²) in [6.45, 7) is 2.75. The molecule has 0 bridgehead atoms. The smallest absolute Gasteiger partial charge is 0.418 e. The van der Waals surface area contributed by atoms with Gasteiger partial charge in [-0.25, -0.2) is 4.79 Å². The van der Waals surface area contributed by atoms with E-state index in [4.69, 9.17) is 4.74 Å². The van der Waals surface area contributed by atoms with Gasteiger partial charge in [0.2, 0.25) is 0 Å². The lowest BCUT2D eigenvalue weighted by Crippen LogP contribution is -2.23. The Morgan fingerprint density at radius 2 is 1.74 bits per heavy atom. The first kappa shape index (κ1) is 21.9. The van der Waals surface area contributed by atoms with Gasteiger partial charge in [0.1, 0.15) is 6.61 Å². The molecule has 1 fully saturated rings. The molecule has 1 aliphatic heterocycles. The molecule has 0 unspecified atom stereocenters. The monoisotopic (exact) mass is 462 g/mol. The van der Waals surface area contributed by atoms with E-state index in [1.165, 1.54) is 12.3 Å². The molecule has 172 valence electrons. The average molecular weight is 462 g/mol. The summed E-state index contributed by atoms with van der Waals surface area (Å²) in [6, 6.07) is 19.7. The maximum Gasteiger partial charge on any atom is 0.418 e. The maximum atomic E-state index is 13.6. The fourth-order valence-electron chi connectivity index (χ4n) is 4.47. The van der Waals surface area contributed by atoms with Crippen molar-refractivity contribution in [3.63, 3.8) is 0 Å². The van der Waals surface area contributed by atoms with Crippen LogP contribution in [0, 0.1) is 6.92 Å². The predicted molar refractivity (Wildman–Crippen MR) is 125 cm³/mol. The van der Waals surface area contributed by atoms with Crippen molar-refractivity contribution in [1.29, 1.82) is 0 Å². The second-order valence-corrected chi connectivity index (χ2v) is 8.33. The summed E-state index contributed by atoms with van der Waals surface area (Å²) in [5.74, 6) is 0. The van der Waals surface area contributed by atoms with Gasteiger partial charge in [0.15, 0.2) is 0 Å². The minimum atomic E-state index is -4.48. The number of para-hydroxylation sites is 1. The Bertz CT molecular complexity index is 1400. The van der Waals surface area contributed by atoms with Crippen LogP contribution in [-0.2, 0) is 17.3 Å². The zero-order valence-corrected chi connectivity index (χ0v) is 18.4. The number of amides is 1. The molecule has 4 aromatic rings. The molecule has 1 aliphatic rings. The minimum absolute atomic E-state index is 0.0498. The van der Waals surface area contributed by atoms with Gasteiger partial charge in [-0.3, -0.25) is 9.88 Å². The highest BCUT2D eigenvalue weighted by atomic mass is 19.4. The molecule has 1 amide bonds.